The number of halogens is 3. The van der Waals surface area contributed by atoms with Gasteiger partial charge in [-0.15, -0.1) is 0 Å². The lowest BCUT2D eigenvalue weighted by atomic mass is 9.73. The fourth-order valence-corrected chi connectivity index (χ4v) is 1.28. The highest BCUT2D eigenvalue weighted by Crippen LogP contribution is 2.44. The lowest BCUT2D eigenvalue weighted by Gasteiger charge is -2.36. The van der Waals surface area contributed by atoms with Crippen LogP contribution in [0.15, 0.2) is 0 Å². The topological polar surface area (TPSA) is 26.0 Å². The summed E-state index contributed by atoms with van der Waals surface area (Å²) in [6.07, 6.45) is -3.10. The van der Waals surface area contributed by atoms with Crippen molar-refractivity contribution >= 4 is 0 Å². The van der Waals surface area contributed by atoms with Gasteiger partial charge in [-0.2, -0.15) is 13.2 Å². The molecule has 4 heteroatoms. The Labute approximate surface area is 57.4 Å². The van der Waals surface area contributed by atoms with E-state index in [4.69, 9.17) is 5.73 Å². The Balaban J connectivity index is 2.43. The van der Waals surface area contributed by atoms with Gasteiger partial charge in [0.25, 0.3) is 0 Å². The molecule has 0 aliphatic heterocycles. The summed E-state index contributed by atoms with van der Waals surface area (Å²) < 4.78 is 35.6. The fourth-order valence-electron chi connectivity index (χ4n) is 1.28. The van der Waals surface area contributed by atoms with Gasteiger partial charge < -0.3 is 5.73 Å². The lowest BCUT2D eigenvalue weighted by molar-refractivity contribution is -0.211. The minimum Gasteiger partial charge on any atom is -0.330 e. The Kier molecular flexibility index (Phi) is 1.90. The SMILES string of the molecule is NC[C@H]1CC[C@@H]1C(F)(F)F. The molecule has 0 aromatic rings. The molecule has 1 saturated carbocycles. The molecule has 0 bridgehead atoms. The third-order valence-electron chi connectivity index (χ3n) is 2.14. The second-order valence-corrected chi connectivity index (χ2v) is 2.72. The first kappa shape index (κ1) is 7.85. The molecule has 0 saturated heterocycles. The summed E-state index contributed by atoms with van der Waals surface area (Å²) in [4.78, 5) is 0. The van der Waals surface area contributed by atoms with E-state index >= 15 is 0 Å². The lowest BCUT2D eigenvalue weighted by Crippen LogP contribution is -2.41. The molecule has 60 valence electrons. The zero-order chi connectivity index (χ0) is 7.78. The number of hydrogen-bond acceptors (Lipinski definition) is 1. The first-order chi connectivity index (χ1) is 4.55. The number of nitrogens with two attached hydrogens (primary N) is 1. The van der Waals surface area contributed by atoms with Gasteiger partial charge in [-0.05, 0) is 25.3 Å². The average Bonchev–Trinajstić information content (AvgIpc) is 1.57. The molecule has 0 heterocycles. The van der Waals surface area contributed by atoms with Crippen molar-refractivity contribution in [2.75, 3.05) is 6.54 Å². The first-order valence-electron chi connectivity index (χ1n) is 3.32. The largest absolute Gasteiger partial charge is 0.392 e. The molecule has 0 spiro atoms. The first-order valence-corrected chi connectivity index (χ1v) is 3.32. The second-order valence-electron chi connectivity index (χ2n) is 2.72. The minimum atomic E-state index is -4.01. The molecule has 1 rings (SSSR count). The maximum absolute atomic E-state index is 11.9. The zero-order valence-corrected chi connectivity index (χ0v) is 5.49. The van der Waals surface area contributed by atoms with Crippen LogP contribution in [0.1, 0.15) is 12.8 Å². The highest BCUT2D eigenvalue weighted by Gasteiger charge is 2.48. The minimum absolute atomic E-state index is 0.171. The van der Waals surface area contributed by atoms with E-state index in [0.717, 1.165) is 0 Å². The molecule has 10 heavy (non-hydrogen) atoms. The van der Waals surface area contributed by atoms with E-state index in [1.807, 2.05) is 0 Å². The van der Waals surface area contributed by atoms with Crippen LogP contribution in [-0.4, -0.2) is 12.7 Å². The van der Waals surface area contributed by atoms with E-state index in [2.05, 4.69) is 0 Å². The van der Waals surface area contributed by atoms with Crippen LogP contribution in [0, 0.1) is 11.8 Å². The van der Waals surface area contributed by atoms with Crippen LogP contribution < -0.4 is 5.73 Å². The van der Waals surface area contributed by atoms with Gasteiger partial charge in [0.2, 0.25) is 0 Å². The van der Waals surface area contributed by atoms with E-state index in [1.165, 1.54) is 0 Å². The van der Waals surface area contributed by atoms with Gasteiger partial charge >= 0.3 is 6.18 Å². The maximum Gasteiger partial charge on any atom is 0.392 e. The zero-order valence-electron chi connectivity index (χ0n) is 5.49. The van der Waals surface area contributed by atoms with Gasteiger partial charge in [0, 0.05) is 0 Å². The van der Waals surface area contributed by atoms with Crippen LogP contribution in [0.25, 0.3) is 0 Å². The van der Waals surface area contributed by atoms with Crippen molar-refractivity contribution in [1.29, 1.82) is 0 Å². The molecule has 1 fully saturated rings. The third kappa shape index (κ3) is 1.26. The Bertz CT molecular complexity index is 119. The van der Waals surface area contributed by atoms with E-state index < -0.39 is 12.1 Å². The molecule has 2 N–H and O–H groups in total. The Morgan fingerprint density at radius 2 is 1.90 bits per heavy atom. The van der Waals surface area contributed by atoms with Gasteiger partial charge in [-0.1, -0.05) is 0 Å². The smallest absolute Gasteiger partial charge is 0.330 e. The molecule has 0 aromatic carbocycles. The van der Waals surface area contributed by atoms with Crippen molar-refractivity contribution in [1.82, 2.24) is 0 Å². The van der Waals surface area contributed by atoms with E-state index in [1.54, 1.807) is 0 Å². The van der Waals surface area contributed by atoms with Crippen LogP contribution in [0.5, 0.6) is 0 Å². The van der Waals surface area contributed by atoms with Crippen molar-refractivity contribution in [3.63, 3.8) is 0 Å². The average molecular weight is 153 g/mol. The third-order valence-corrected chi connectivity index (χ3v) is 2.14. The quantitative estimate of drug-likeness (QED) is 0.607. The standard InChI is InChI=1S/C6H10F3N/c7-6(8,9)5-2-1-4(5)3-10/h4-5H,1-3,10H2/t4-,5+/m1/s1. The van der Waals surface area contributed by atoms with Crippen molar-refractivity contribution in [3.8, 4) is 0 Å². The molecule has 1 aliphatic rings. The Morgan fingerprint density at radius 3 is 2.00 bits per heavy atom. The second kappa shape index (κ2) is 2.42. The Morgan fingerprint density at radius 1 is 1.30 bits per heavy atom. The molecule has 1 nitrogen and oxygen atoms in total. The van der Waals surface area contributed by atoms with Crippen LogP contribution in [-0.2, 0) is 0 Å². The Hall–Kier alpha value is -0.250. The van der Waals surface area contributed by atoms with Gasteiger partial charge in [-0.3, -0.25) is 0 Å². The highest BCUT2D eigenvalue weighted by atomic mass is 19.4. The number of alkyl halides is 3. The monoisotopic (exact) mass is 153 g/mol. The number of hydrogen-bond donors (Lipinski definition) is 1. The van der Waals surface area contributed by atoms with E-state index in [0.29, 0.717) is 6.42 Å². The molecular formula is C6H10F3N. The summed E-state index contributed by atoms with van der Waals surface area (Å²) in [7, 11) is 0. The van der Waals surface area contributed by atoms with Crippen LogP contribution >= 0.6 is 0 Å². The molecule has 0 aromatic heterocycles. The van der Waals surface area contributed by atoms with Gasteiger partial charge in [0.1, 0.15) is 0 Å². The van der Waals surface area contributed by atoms with Gasteiger partial charge in [-0.25, -0.2) is 0 Å². The molecule has 0 unspecified atom stereocenters. The van der Waals surface area contributed by atoms with Crippen molar-refractivity contribution in [3.05, 3.63) is 0 Å². The maximum atomic E-state index is 11.9. The summed E-state index contributed by atoms with van der Waals surface area (Å²) in [5.74, 6) is -1.42. The predicted octanol–water partition coefficient (Wildman–Crippen LogP) is 1.53. The fraction of sp³-hybridized carbons (Fsp3) is 1.00. The summed E-state index contributed by atoms with van der Waals surface area (Å²) in [5.41, 5.74) is 5.12. The van der Waals surface area contributed by atoms with E-state index in [-0.39, 0.29) is 18.9 Å². The normalized spacial score (nSPS) is 33.6. The molecule has 0 radical (unpaired) electrons. The summed E-state index contributed by atoms with van der Waals surface area (Å²) >= 11 is 0. The van der Waals surface area contributed by atoms with Gasteiger partial charge in [0.05, 0.1) is 5.92 Å². The van der Waals surface area contributed by atoms with E-state index in [9.17, 15) is 13.2 Å². The number of rotatable bonds is 1. The molecule has 0 amide bonds. The van der Waals surface area contributed by atoms with Crippen molar-refractivity contribution in [2.45, 2.75) is 19.0 Å². The summed E-state index contributed by atoms with van der Waals surface area (Å²) in [5, 5.41) is 0. The summed E-state index contributed by atoms with van der Waals surface area (Å²) in [6.45, 7) is 0.171. The van der Waals surface area contributed by atoms with Crippen LogP contribution in [0.2, 0.25) is 0 Å². The van der Waals surface area contributed by atoms with Crippen LogP contribution in [0.4, 0.5) is 13.2 Å². The molecule has 2 atom stereocenters. The van der Waals surface area contributed by atoms with Crippen molar-refractivity contribution < 1.29 is 13.2 Å². The molecular weight excluding hydrogens is 143 g/mol. The van der Waals surface area contributed by atoms with Crippen molar-refractivity contribution in [2.24, 2.45) is 17.6 Å². The summed E-state index contributed by atoms with van der Waals surface area (Å²) in [6, 6.07) is 0. The molecule has 1 aliphatic carbocycles. The van der Waals surface area contributed by atoms with Crippen LogP contribution in [0.3, 0.4) is 0 Å². The highest BCUT2D eigenvalue weighted by molar-refractivity contribution is 4.85. The predicted molar refractivity (Wildman–Crippen MR) is 31.3 cm³/mol. The van der Waals surface area contributed by atoms with Gasteiger partial charge in [0.15, 0.2) is 0 Å².